The molecule has 1 N–H and O–H groups in total. The van der Waals surface area contributed by atoms with Crippen LogP contribution in [0.1, 0.15) is 36.6 Å². The van der Waals surface area contributed by atoms with E-state index in [1.165, 1.54) is 11.8 Å². The van der Waals surface area contributed by atoms with Crippen molar-refractivity contribution >= 4 is 22.7 Å². The predicted octanol–water partition coefficient (Wildman–Crippen LogP) is 3.58. The zero-order valence-corrected chi connectivity index (χ0v) is 12.4. The molecule has 2 aromatic rings. The molecule has 0 radical (unpaired) electrons. The Kier molecular flexibility index (Phi) is 4.02. The molecule has 0 aliphatic carbocycles. The molecule has 1 atom stereocenters. The average Bonchev–Trinajstić information content (AvgIpc) is 2.36. The van der Waals surface area contributed by atoms with Gasteiger partial charge in [0.25, 0.3) is 0 Å². The monoisotopic (exact) mass is 278 g/mol. The highest BCUT2D eigenvalue weighted by Crippen LogP contribution is 2.29. The minimum atomic E-state index is -0.660. The molecule has 0 unspecified atom stereocenters. The zero-order chi connectivity index (χ0) is 14.2. The van der Waals surface area contributed by atoms with Gasteiger partial charge in [0.2, 0.25) is 0 Å². The first kappa shape index (κ1) is 14.2. The highest BCUT2D eigenvalue weighted by Gasteiger charge is 2.16. The maximum absolute atomic E-state index is 12.4. The summed E-state index contributed by atoms with van der Waals surface area (Å²) in [5, 5.41) is 11.1. The fraction of sp³-hybridized carbons (Fsp3) is 0.400. The third kappa shape index (κ3) is 2.55. The summed E-state index contributed by atoms with van der Waals surface area (Å²) in [6.45, 7) is 7.39. The van der Waals surface area contributed by atoms with Gasteiger partial charge >= 0.3 is 0 Å². The zero-order valence-electron chi connectivity index (χ0n) is 11.6. The second kappa shape index (κ2) is 5.39. The summed E-state index contributed by atoms with van der Waals surface area (Å²) >= 11 is 1.51. The highest BCUT2D eigenvalue weighted by atomic mass is 32.2. The van der Waals surface area contributed by atoms with E-state index in [0.717, 1.165) is 11.3 Å². The van der Waals surface area contributed by atoms with Crippen LogP contribution in [0.3, 0.4) is 0 Å². The molecule has 0 saturated carbocycles. The molecule has 1 aromatic heterocycles. The predicted molar refractivity (Wildman–Crippen MR) is 79.0 cm³/mol. The van der Waals surface area contributed by atoms with Gasteiger partial charge in [-0.3, -0.25) is 4.79 Å². The summed E-state index contributed by atoms with van der Waals surface area (Å²) < 4.78 is 5.86. The number of thioether (sulfide) groups is 1. The minimum Gasteiger partial charge on any atom is -0.449 e. The molecule has 19 heavy (non-hydrogen) atoms. The Labute approximate surface area is 116 Å². The number of hydrogen-bond donors (Lipinski definition) is 1. The first-order valence-electron chi connectivity index (χ1n) is 6.34. The molecular formula is C15H18O3S. The quantitative estimate of drug-likeness (QED) is 0.872. The van der Waals surface area contributed by atoms with Crippen LogP contribution in [0.2, 0.25) is 0 Å². The van der Waals surface area contributed by atoms with Gasteiger partial charge in [0.1, 0.15) is 5.58 Å². The van der Waals surface area contributed by atoms with Crippen molar-refractivity contribution < 1.29 is 9.52 Å². The second-order valence-electron chi connectivity index (χ2n) is 4.68. The van der Waals surface area contributed by atoms with E-state index >= 15 is 0 Å². The van der Waals surface area contributed by atoms with Crippen molar-refractivity contribution in [1.82, 2.24) is 0 Å². The van der Waals surface area contributed by atoms with Gasteiger partial charge in [0, 0.05) is 11.1 Å². The summed E-state index contributed by atoms with van der Waals surface area (Å²) in [5.74, 6) is 0.838. The smallest absolute Gasteiger partial charge is 0.196 e. The number of rotatable bonds is 3. The largest absolute Gasteiger partial charge is 0.449 e. The summed E-state index contributed by atoms with van der Waals surface area (Å²) in [5.41, 5.74) is 2.76. The molecule has 0 spiro atoms. The van der Waals surface area contributed by atoms with Crippen LogP contribution in [0.5, 0.6) is 0 Å². The lowest BCUT2D eigenvalue weighted by molar-refractivity contribution is 0.199. The molecule has 0 amide bonds. The normalized spacial score (nSPS) is 12.9. The van der Waals surface area contributed by atoms with Crippen LogP contribution < -0.4 is 5.43 Å². The number of aryl methyl sites for hydroxylation is 1. The first-order valence-corrected chi connectivity index (χ1v) is 7.33. The number of benzene rings is 1. The molecule has 0 aliphatic heterocycles. The number of hydrogen-bond acceptors (Lipinski definition) is 4. The third-order valence-corrected chi connectivity index (χ3v) is 4.01. The fourth-order valence-corrected chi connectivity index (χ4v) is 2.84. The number of aliphatic hydroxyl groups is 1. The summed E-state index contributed by atoms with van der Waals surface area (Å²) in [4.78, 5) is 12.4. The van der Waals surface area contributed by atoms with E-state index in [-0.39, 0.29) is 5.43 Å². The van der Waals surface area contributed by atoms with Crippen molar-refractivity contribution in [2.24, 2.45) is 0 Å². The van der Waals surface area contributed by atoms with Gasteiger partial charge in [-0.15, -0.1) is 0 Å². The van der Waals surface area contributed by atoms with E-state index in [9.17, 15) is 9.90 Å². The van der Waals surface area contributed by atoms with Gasteiger partial charge in [-0.2, -0.15) is 0 Å². The van der Waals surface area contributed by atoms with Crippen molar-refractivity contribution in [1.29, 1.82) is 0 Å². The van der Waals surface area contributed by atoms with Crippen LogP contribution in [0.4, 0.5) is 0 Å². The minimum absolute atomic E-state index is 0.0113. The van der Waals surface area contributed by atoms with E-state index < -0.39 is 6.10 Å². The standard InChI is InChI=1S/C15H18O3S/c1-5-19-15-9(3)13(17)12-7-8(2)6-11(10(4)16)14(12)18-15/h6-7,10,16H,5H2,1-4H3/t10-/m0/s1. The fourth-order valence-electron chi connectivity index (χ4n) is 2.13. The second-order valence-corrected chi connectivity index (χ2v) is 5.92. The SMILES string of the molecule is CCSc1oc2c([C@H](C)O)cc(C)cc2c(=O)c1C. The lowest BCUT2D eigenvalue weighted by Gasteiger charge is -2.12. The van der Waals surface area contributed by atoms with E-state index in [0.29, 0.717) is 27.2 Å². The van der Waals surface area contributed by atoms with E-state index in [1.54, 1.807) is 13.8 Å². The molecule has 102 valence electrons. The van der Waals surface area contributed by atoms with Crippen LogP contribution in [0, 0.1) is 13.8 Å². The molecular weight excluding hydrogens is 260 g/mol. The molecule has 0 fully saturated rings. The van der Waals surface area contributed by atoms with Gasteiger partial charge in [-0.25, -0.2) is 0 Å². The van der Waals surface area contributed by atoms with Crippen LogP contribution in [0.15, 0.2) is 26.4 Å². The van der Waals surface area contributed by atoms with Crippen LogP contribution in [0.25, 0.3) is 11.0 Å². The molecule has 0 saturated heterocycles. The number of fused-ring (bicyclic) bond motifs is 1. The van der Waals surface area contributed by atoms with Gasteiger partial charge < -0.3 is 9.52 Å². The Morgan fingerprint density at radius 1 is 1.37 bits per heavy atom. The molecule has 1 heterocycles. The van der Waals surface area contributed by atoms with Crippen molar-refractivity contribution in [3.8, 4) is 0 Å². The topological polar surface area (TPSA) is 50.4 Å². The Balaban J connectivity index is 2.88. The molecule has 2 rings (SSSR count). The molecule has 0 bridgehead atoms. The Hall–Kier alpha value is -1.26. The molecule has 0 aliphatic rings. The molecule has 1 aromatic carbocycles. The van der Waals surface area contributed by atoms with Crippen molar-refractivity contribution in [3.05, 3.63) is 39.0 Å². The molecule has 4 heteroatoms. The highest BCUT2D eigenvalue weighted by molar-refractivity contribution is 7.99. The Bertz CT molecular complexity index is 671. The summed E-state index contributed by atoms with van der Waals surface area (Å²) in [6.07, 6.45) is -0.660. The van der Waals surface area contributed by atoms with Crippen LogP contribution >= 0.6 is 11.8 Å². The Morgan fingerprint density at radius 2 is 2.05 bits per heavy atom. The lowest BCUT2D eigenvalue weighted by atomic mass is 10.0. The lowest BCUT2D eigenvalue weighted by Crippen LogP contribution is -2.09. The van der Waals surface area contributed by atoms with Gasteiger partial charge in [0.15, 0.2) is 10.5 Å². The van der Waals surface area contributed by atoms with E-state index in [1.807, 2.05) is 26.0 Å². The van der Waals surface area contributed by atoms with Crippen LogP contribution in [-0.2, 0) is 0 Å². The summed E-state index contributed by atoms with van der Waals surface area (Å²) in [7, 11) is 0. The van der Waals surface area contributed by atoms with Crippen molar-refractivity contribution in [3.63, 3.8) is 0 Å². The average molecular weight is 278 g/mol. The van der Waals surface area contributed by atoms with Crippen LogP contribution in [-0.4, -0.2) is 10.9 Å². The van der Waals surface area contributed by atoms with Gasteiger partial charge in [-0.1, -0.05) is 18.7 Å². The molecule has 3 nitrogen and oxygen atoms in total. The van der Waals surface area contributed by atoms with E-state index in [2.05, 4.69) is 0 Å². The number of aliphatic hydroxyl groups excluding tert-OH is 1. The van der Waals surface area contributed by atoms with Crippen molar-refractivity contribution in [2.75, 3.05) is 5.75 Å². The van der Waals surface area contributed by atoms with E-state index in [4.69, 9.17) is 4.42 Å². The summed E-state index contributed by atoms with van der Waals surface area (Å²) in [6, 6.07) is 3.69. The first-order chi connectivity index (χ1) is 8.95. The Morgan fingerprint density at radius 3 is 2.63 bits per heavy atom. The maximum atomic E-state index is 12.4. The third-order valence-electron chi connectivity index (χ3n) is 3.07. The van der Waals surface area contributed by atoms with Crippen molar-refractivity contribution in [2.45, 2.75) is 38.9 Å². The maximum Gasteiger partial charge on any atom is 0.196 e. The van der Waals surface area contributed by atoms with Gasteiger partial charge in [0.05, 0.1) is 11.5 Å². The van der Waals surface area contributed by atoms with Gasteiger partial charge in [-0.05, 0) is 44.2 Å².